The molecule has 4 bridgehead atoms. The summed E-state index contributed by atoms with van der Waals surface area (Å²) in [5.41, 5.74) is 0.178. The molecule has 4 fully saturated rings. The first-order chi connectivity index (χ1) is 14.8. The van der Waals surface area contributed by atoms with Crippen molar-refractivity contribution < 1.29 is 23.9 Å². The number of ether oxygens (including phenoxy) is 2. The second kappa shape index (κ2) is 8.52. The zero-order valence-electron chi connectivity index (χ0n) is 18.5. The van der Waals surface area contributed by atoms with Crippen molar-refractivity contribution in [3.63, 3.8) is 0 Å². The lowest BCUT2D eigenvalue weighted by molar-refractivity contribution is -0.158. The molecule has 1 aromatic rings. The van der Waals surface area contributed by atoms with Crippen molar-refractivity contribution in [1.82, 2.24) is 5.32 Å². The number of carbonyl (C=O) groups excluding carboxylic acids is 3. The van der Waals surface area contributed by atoms with E-state index in [2.05, 4.69) is 10.6 Å². The van der Waals surface area contributed by atoms with E-state index in [9.17, 15) is 14.4 Å². The summed E-state index contributed by atoms with van der Waals surface area (Å²) in [4.78, 5) is 38.1. The van der Waals surface area contributed by atoms with Gasteiger partial charge in [-0.3, -0.25) is 9.59 Å². The van der Waals surface area contributed by atoms with E-state index in [1.54, 1.807) is 31.2 Å². The molecule has 0 radical (unpaired) electrons. The molecule has 7 heteroatoms. The Morgan fingerprint density at radius 3 is 2.16 bits per heavy atom. The van der Waals surface area contributed by atoms with Crippen LogP contribution in [0.4, 0.5) is 5.69 Å². The summed E-state index contributed by atoms with van der Waals surface area (Å²) in [6.45, 7) is 3.13. The Labute approximate surface area is 183 Å². The lowest BCUT2D eigenvalue weighted by Gasteiger charge is -2.55. The van der Waals surface area contributed by atoms with Crippen LogP contribution in [0, 0.1) is 23.2 Å². The number of rotatable bonds is 7. The third kappa shape index (κ3) is 4.41. The van der Waals surface area contributed by atoms with E-state index in [0.717, 1.165) is 19.3 Å². The first-order valence-corrected chi connectivity index (χ1v) is 11.2. The standard InChI is InChI=1S/C24H32N2O5/c1-14(25-23(29)24-11-16-8-17(12-24)10-18(9-16)13-24)22(28)31-15(2)21(27)26-19-6-4-5-7-20(19)30-3/h4-7,14-18H,8-13H2,1-3H3,(H,25,29)(H,26,27)/t14-,15-,16?,17?,18?,24?/m0/s1. The largest absolute Gasteiger partial charge is 0.495 e. The quantitative estimate of drug-likeness (QED) is 0.650. The summed E-state index contributed by atoms with van der Waals surface area (Å²) in [6.07, 6.45) is 5.56. The van der Waals surface area contributed by atoms with Crippen molar-refractivity contribution in [2.24, 2.45) is 23.2 Å². The summed E-state index contributed by atoms with van der Waals surface area (Å²) >= 11 is 0. The molecule has 0 spiro atoms. The molecule has 168 valence electrons. The van der Waals surface area contributed by atoms with E-state index in [1.807, 2.05) is 0 Å². The summed E-state index contributed by atoms with van der Waals surface area (Å²) in [5.74, 6) is 1.37. The molecule has 2 atom stereocenters. The Balaban J connectivity index is 1.31. The smallest absolute Gasteiger partial charge is 0.329 e. The van der Waals surface area contributed by atoms with Crippen LogP contribution in [-0.4, -0.2) is 37.0 Å². The number of hydrogen-bond acceptors (Lipinski definition) is 5. The molecule has 7 nitrogen and oxygen atoms in total. The van der Waals surface area contributed by atoms with Crippen LogP contribution in [0.3, 0.4) is 0 Å². The fraction of sp³-hybridized carbons (Fsp3) is 0.625. The third-order valence-electron chi connectivity index (χ3n) is 7.25. The highest BCUT2D eigenvalue weighted by Gasteiger charge is 2.54. The third-order valence-corrected chi connectivity index (χ3v) is 7.25. The lowest BCUT2D eigenvalue weighted by Crippen LogP contribution is -2.56. The van der Waals surface area contributed by atoms with Gasteiger partial charge >= 0.3 is 5.97 Å². The number of hydrogen-bond donors (Lipinski definition) is 2. The van der Waals surface area contributed by atoms with E-state index in [-0.39, 0.29) is 11.3 Å². The van der Waals surface area contributed by atoms with Gasteiger partial charge in [0.25, 0.3) is 5.91 Å². The van der Waals surface area contributed by atoms with Gasteiger partial charge in [0.05, 0.1) is 12.8 Å². The summed E-state index contributed by atoms with van der Waals surface area (Å²) in [7, 11) is 1.52. The second-order valence-electron chi connectivity index (χ2n) is 9.66. The molecule has 2 N–H and O–H groups in total. The maximum absolute atomic E-state index is 13.1. The number of amides is 2. The van der Waals surface area contributed by atoms with Crippen LogP contribution in [0.15, 0.2) is 24.3 Å². The maximum atomic E-state index is 13.1. The predicted octanol–water partition coefficient (Wildman–Crippen LogP) is 3.29. The van der Waals surface area contributed by atoms with E-state index in [0.29, 0.717) is 29.2 Å². The molecule has 0 heterocycles. The van der Waals surface area contributed by atoms with Crippen molar-refractivity contribution in [2.75, 3.05) is 12.4 Å². The van der Waals surface area contributed by atoms with Gasteiger partial charge in [0, 0.05) is 5.41 Å². The molecular formula is C24H32N2O5. The minimum atomic E-state index is -1.00. The SMILES string of the molecule is COc1ccccc1NC(=O)[C@H](C)OC(=O)[C@H](C)NC(=O)C12CC3CC(CC(C3)C1)C2. The maximum Gasteiger partial charge on any atom is 0.329 e. The average molecular weight is 429 g/mol. The number of benzene rings is 1. The Hall–Kier alpha value is -2.57. The minimum absolute atomic E-state index is 0.0258. The summed E-state index contributed by atoms with van der Waals surface area (Å²) < 4.78 is 10.6. The molecule has 0 unspecified atom stereocenters. The molecular weight excluding hydrogens is 396 g/mol. The monoisotopic (exact) mass is 428 g/mol. The number of para-hydroxylation sites is 2. The minimum Gasteiger partial charge on any atom is -0.495 e. The second-order valence-corrected chi connectivity index (χ2v) is 9.66. The van der Waals surface area contributed by atoms with Gasteiger partial charge in [-0.1, -0.05) is 12.1 Å². The van der Waals surface area contributed by atoms with Crippen LogP contribution in [0.5, 0.6) is 5.75 Å². The molecule has 2 amide bonds. The lowest BCUT2D eigenvalue weighted by atomic mass is 9.49. The zero-order valence-corrected chi connectivity index (χ0v) is 18.5. The average Bonchev–Trinajstić information content (AvgIpc) is 2.72. The van der Waals surface area contributed by atoms with E-state index in [4.69, 9.17) is 9.47 Å². The van der Waals surface area contributed by atoms with Gasteiger partial charge in [0.1, 0.15) is 11.8 Å². The molecule has 4 aliphatic carbocycles. The Bertz CT molecular complexity index is 832. The molecule has 4 aliphatic rings. The molecule has 5 rings (SSSR count). The molecule has 0 aliphatic heterocycles. The van der Waals surface area contributed by atoms with E-state index in [1.165, 1.54) is 33.3 Å². The highest BCUT2D eigenvalue weighted by Crippen LogP contribution is 2.60. The topological polar surface area (TPSA) is 93.7 Å². The number of carbonyl (C=O) groups is 3. The summed E-state index contributed by atoms with van der Waals surface area (Å²) in [5, 5.41) is 5.59. The van der Waals surface area contributed by atoms with E-state index >= 15 is 0 Å². The Morgan fingerprint density at radius 1 is 1.00 bits per heavy atom. The first kappa shape index (κ1) is 21.7. The van der Waals surface area contributed by atoms with Crippen molar-refractivity contribution in [3.8, 4) is 5.75 Å². The molecule has 31 heavy (non-hydrogen) atoms. The predicted molar refractivity (Wildman–Crippen MR) is 115 cm³/mol. The molecule has 0 saturated heterocycles. The first-order valence-electron chi connectivity index (χ1n) is 11.2. The Morgan fingerprint density at radius 2 is 1.58 bits per heavy atom. The highest BCUT2D eigenvalue weighted by molar-refractivity contribution is 5.97. The van der Waals surface area contributed by atoms with Gasteiger partial charge in [0.2, 0.25) is 5.91 Å². The molecule has 0 aromatic heterocycles. The fourth-order valence-electron chi connectivity index (χ4n) is 6.11. The van der Waals surface area contributed by atoms with Crippen molar-refractivity contribution in [3.05, 3.63) is 24.3 Å². The highest BCUT2D eigenvalue weighted by atomic mass is 16.5. The van der Waals surface area contributed by atoms with Gasteiger partial charge in [-0.25, -0.2) is 4.79 Å². The Kier molecular flexibility index (Phi) is 5.95. The number of esters is 1. The molecule has 1 aromatic carbocycles. The van der Waals surface area contributed by atoms with Crippen molar-refractivity contribution >= 4 is 23.5 Å². The van der Waals surface area contributed by atoms with Gasteiger partial charge < -0.3 is 20.1 Å². The number of anilines is 1. The van der Waals surface area contributed by atoms with Crippen molar-refractivity contribution in [2.45, 2.75) is 64.5 Å². The van der Waals surface area contributed by atoms with E-state index < -0.39 is 24.0 Å². The normalized spacial score (nSPS) is 30.2. The van der Waals surface area contributed by atoms with Gasteiger partial charge in [-0.05, 0) is 82.3 Å². The van der Waals surface area contributed by atoms with Gasteiger partial charge in [-0.15, -0.1) is 0 Å². The van der Waals surface area contributed by atoms with Gasteiger partial charge in [-0.2, -0.15) is 0 Å². The van der Waals surface area contributed by atoms with Gasteiger partial charge in [0.15, 0.2) is 6.10 Å². The zero-order chi connectivity index (χ0) is 22.2. The molecule has 4 saturated carbocycles. The van der Waals surface area contributed by atoms with Crippen LogP contribution >= 0.6 is 0 Å². The fourth-order valence-corrected chi connectivity index (χ4v) is 6.11. The van der Waals surface area contributed by atoms with Crippen LogP contribution in [0.1, 0.15) is 52.4 Å². The van der Waals surface area contributed by atoms with Crippen LogP contribution in [0.2, 0.25) is 0 Å². The van der Waals surface area contributed by atoms with Crippen LogP contribution in [-0.2, 0) is 19.1 Å². The van der Waals surface area contributed by atoms with Crippen LogP contribution in [0.25, 0.3) is 0 Å². The number of methoxy groups -OCH3 is 1. The summed E-state index contributed by atoms with van der Waals surface area (Å²) in [6, 6.07) is 6.21. The number of nitrogens with one attached hydrogen (secondary N) is 2. The van der Waals surface area contributed by atoms with Crippen LogP contribution < -0.4 is 15.4 Å². The van der Waals surface area contributed by atoms with Crippen molar-refractivity contribution in [1.29, 1.82) is 0 Å².